The summed E-state index contributed by atoms with van der Waals surface area (Å²) in [4.78, 5) is 25.2. The lowest BCUT2D eigenvalue weighted by Crippen LogP contribution is -2.38. The number of aromatic nitrogens is 2. The molecule has 0 bridgehead atoms. The van der Waals surface area contributed by atoms with Crippen LogP contribution in [0.15, 0.2) is 36.7 Å². The van der Waals surface area contributed by atoms with Crippen LogP contribution in [-0.4, -0.2) is 65.0 Å². The maximum atomic E-state index is 12.6. The zero-order valence-corrected chi connectivity index (χ0v) is 19.4. The highest BCUT2D eigenvalue weighted by Crippen LogP contribution is 2.28. The molecule has 0 unspecified atom stereocenters. The van der Waals surface area contributed by atoms with E-state index < -0.39 is 0 Å². The van der Waals surface area contributed by atoms with Crippen molar-refractivity contribution in [3.63, 3.8) is 0 Å². The number of hydrogen-bond donors (Lipinski definition) is 1. The van der Waals surface area contributed by atoms with E-state index >= 15 is 0 Å². The average molecular weight is 467 g/mol. The summed E-state index contributed by atoms with van der Waals surface area (Å²) in [5.41, 5.74) is 2.65. The summed E-state index contributed by atoms with van der Waals surface area (Å²) in [5.74, 6) is 0.729. The summed E-state index contributed by atoms with van der Waals surface area (Å²) in [6, 6.07) is 5.45. The molecule has 0 saturated carbocycles. The van der Waals surface area contributed by atoms with Gasteiger partial charge in [0.1, 0.15) is 22.7 Å². The highest BCUT2D eigenvalue weighted by atomic mass is 35.5. The smallest absolute Gasteiger partial charge is 0.230 e. The minimum Gasteiger partial charge on any atom is -0.487 e. The molecule has 0 aromatic carbocycles. The van der Waals surface area contributed by atoms with Crippen molar-refractivity contribution in [3.05, 3.63) is 52.9 Å². The number of hydrogen-bond acceptors (Lipinski definition) is 7. The fraction of sp³-hybridized carbons (Fsp3) is 0.417. The lowest BCUT2D eigenvalue weighted by Gasteiger charge is -2.30. The Hall–Kier alpha value is -3.15. The molecule has 2 aromatic heterocycles. The third kappa shape index (κ3) is 6.21. The number of carbonyl (C=O) groups is 1. The van der Waals surface area contributed by atoms with Gasteiger partial charge in [0, 0.05) is 25.4 Å². The van der Waals surface area contributed by atoms with Crippen molar-refractivity contribution in [2.75, 3.05) is 38.5 Å². The van der Waals surface area contributed by atoms with Gasteiger partial charge in [0.25, 0.3) is 0 Å². The summed E-state index contributed by atoms with van der Waals surface area (Å²) in [6.45, 7) is 3.21. The van der Waals surface area contributed by atoms with Gasteiger partial charge in [-0.25, -0.2) is 4.98 Å². The average Bonchev–Trinajstić information content (AvgIpc) is 2.82. The van der Waals surface area contributed by atoms with E-state index in [1.807, 2.05) is 12.1 Å². The quantitative estimate of drug-likeness (QED) is 0.652. The molecule has 1 saturated heterocycles. The molecule has 8 nitrogen and oxygen atoms in total. The SMILES string of the molecule is CN1CCC[C@@H](Oc2cc(NC(=O)Cc3ccc(C4=CCCN(C#N)C4)nc3)ncc2Cl)C1. The normalized spacial score (nSPS) is 18.9. The number of rotatable bonds is 6. The van der Waals surface area contributed by atoms with Gasteiger partial charge in [-0.2, -0.15) is 5.26 Å². The molecule has 1 N–H and O–H groups in total. The first-order chi connectivity index (χ1) is 16.0. The van der Waals surface area contributed by atoms with Crippen LogP contribution in [0, 0.1) is 11.5 Å². The summed E-state index contributed by atoms with van der Waals surface area (Å²) in [5, 5.41) is 12.3. The van der Waals surface area contributed by atoms with Crippen LogP contribution in [0.1, 0.15) is 30.5 Å². The van der Waals surface area contributed by atoms with Gasteiger partial charge in [-0.15, -0.1) is 0 Å². The van der Waals surface area contributed by atoms with Gasteiger partial charge in [-0.05, 0) is 50.1 Å². The Morgan fingerprint density at radius 2 is 2.21 bits per heavy atom. The number of piperidine rings is 1. The highest BCUT2D eigenvalue weighted by Gasteiger charge is 2.20. The van der Waals surface area contributed by atoms with Crippen molar-refractivity contribution in [1.82, 2.24) is 19.8 Å². The van der Waals surface area contributed by atoms with Crippen LogP contribution in [0.25, 0.3) is 5.57 Å². The molecule has 0 spiro atoms. The predicted octanol–water partition coefficient (Wildman–Crippen LogP) is 3.35. The Morgan fingerprint density at radius 3 is 2.97 bits per heavy atom. The molecular weight excluding hydrogens is 440 g/mol. The molecule has 1 fully saturated rings. The number of likely N-dealkylation sites (tertiary alicyclic amines) is 1. The predicted molar refractivity (Wildman–Crippen MR) is 127 cm³/mol. The van der Waals surface area contributed by atoms with Gasteiger partial charge in [0.15, 0.2) is 6.19 Å². The summed E-state index contributed by atoms with van der Waals surface area (Å²) < 4.78 is 6.08. The number of halogens is 1. The van der Waals surface area contributed by atoms with E-state index in [1.165, 1.54) is 6.20 Å². The number of nitrogens with one attached hydrogen (secondary N) is 1. The van der Waals surface area contributed by atoms with E-state index in [2.05, 4.69) is 39.5 Å². The van der Waals surface area contributed by atoms with E-state index in [-0.39, 0.29) is 18.4 Å². The Balaban J connectivity index is 1.35. The van der Waals surface area contributed by atoms with Crippen molar-refractivity contribution in [2.24, 2.45) is 0 Å². The Labute approximate surface area is 198 Å². The molecule has 9 heteroatoms. The molecular formula is C24H27ClN6O2. The van der Waals surface area contributed by atoms with E-state index in [1.54, 1.807) is 17.2 Å². The largest absolute Gasteiger partial charge is 0.487 e. The maximum Gasteiger partial charge on any atom is 0.230 e. The van der Waals surface area contributed by atoms with Crippen molar-refractivity contribution >= 4 is 28.9 Å². The van der Waals surface area contributed by atoms with Gasteiger partial charge in [-0.3, -0.25) is 9.78 Å². The molecule has 4 heterocycles. The van der Waals surface area contributed by atoms with Crippen molar-refractivity contribution in [2.45, 2.75) is 31.8 Å². The van der Waals surface area contributed by atoms with E-state index in [0.29, 0.717) is 23.1 Å². The molecule has 33 heavy (non-hydrogen) atoms. The second-order valence-corrected chi connectivity index (χ2v) is 8.87. The first-order valence-electron chi connectivity index (χ1n) is 11.1. The number of nitriles is 1. The van der Waals surface area contributed by atoms with Gasteiger partial charge in [0.05, 0.1) is 24.9 Å². The minimum absolute atomic E-state index is 0.0660. The van der Waals surface area contributed by atoms with E-state index in [0.717, 1.165) is 55.7 Å². The van der Waals surface area contributed by atoms with Crippen LogP contribution in [0.5, 0.6) is 5.75 Å². The van der Waals surface area contributed by atoms with Crippen molar-refractivity contribution < 1.29 is 9.53 Å². The second kappa shape index (κ2) is 10.6. The third-order valence-corrected chi connectivity index (χ3v) is 6.06. The first kappa shape index (κ1) is 23.0. The summed E-state index contributed by atoms with van der Waals surface area (Å²) >= 11 is 6.27. The number of ether oxygens (including phenoxy) is 1. The van der Waals surface area contributed by atoms with E-state index in [4.69, 9.17) is 21.6 Å². The van der Waals surface area contributed by atoms with Crippen LogP contribution in [0.3, 0.4) is 0 Å². The monoisotopic (exact) mass is 466 g/mol. The molecule has 2 aliphatic heterocycles. The van der Waals surface area contributed by atoms with Gasteiger partial charge in [0.2, 0.25) is 5.91 Å². The molecule has 1 atom stereocenters. The molecule has 2 aromatic rings. The number of anilines is 1. The standard InChI is InChI=1S/C24H27ClN6O2/c1-30-8-3-5-19(15-30)33-22-11-23(28-13-20(22)25)29-24(32)10-17-6-7-21(27-12-17)18-4-2-9-31(14-18)16-26/h4,6-7,11-13,19H,2-3,5,8-10,14-15H2,1H3,(H,28,29,32)/t19-/m1/s1. The van der Waals surface area contributed by atoms with Gasteiger partial charge < -0.3 is 19.9 Å². The zero-order chi connectivity index (χ0) is 23.2. The van der Waals surface area contributed by atoms with Crippen molar-refractivity contribution in [1.29, 1.82) is 5.26 Å². The third-order valence-electron chi connectivity index (χ3n) is 5.77. The summed E-state index contributed by atoms with van der Waals surface area (Å²) in [7, 11) is 2.07. The summed E-state index contributed by atoms with van der Waals surface area (Å²) in [6.07, 6.45) is 10.6. The lowest BCUT2D eigenvalue weighted by molar-refractivity contribution is -0.115. The number of amides is 1. The van der Waals surface area contributed by atoms with Crippen molar-refractivity contribution in [3.8, 4) is 11.9 Å². The molecule has 0 radical (unpaired) electrons. The van der Waals surface area contributed by atoms with Gasteiger partial charge >= 0.3 is 0 Å². The molecule has 172 valence electrons. The number of nitrogens with zero attached hydrogens (tertiary/aromatic N) is 5. The highest BCUT2D eigenvalue weighted by molar-refractivity contribution is 6.32. The number of likely N-dealkylation sites (N-methyl/N-ethyl adjacent to an activating group) is 1. The lowest BCUT2D eigenvalue weighted by atomic mass is 10.1. The van der Waals surface area contributed by atoms with Crippen LogP contribution >= 0.6 is 11.6 Å². The number of pyridine rings is 2. The van der Waals surface area contributed by atoms with Crippen LogP contribution < -0.4 is 10.1 Å². The topological polar surface area (TPSA) is 94.4 Å². The van der Waals surface area contributed by atoms with Crippen LogP contribution in [-0.2, 0) is 11.2 Å². The zero-order valence-electron chi connectivity index (χ0n) is 18.6. The first-order valence-corrected chi connectivity index (χ1v) is 11.5. The maximum absolute atomic E-state index is 12.6. The Kier molecular flexibility index (Phi) is 7.43. The molecule has 1 amide bonds. The molecule has 0 aliphatic carbocycles. The molecule has 4 rings (SSSR count). The Morgan fingerprint density at radius 1 is 1.33 bits per heavy atom. The number of carbonyl (C=O) groups excluding carboxylic acids is 1. The van der Waals surface area contributed by atoms with Gasteiger partial charge in [-0.1, -0.05) is 23.7 Å². The van der Waals surface area contributed by atoms with Crippen LogP contribution in [0.4, 0.5) is 5.82 Å². The fourth-order valence-electron chi connectivity index (χ4n) is 4.08. The van der Waals surface area contributed by atoms with E-state index in [9.17, 15) is 4.79 Å². The Bertz CT molecular complexity index is 1070. The fourth-order valence-corrected chi connectivity index (χ4v) is 4.23. The second-order valence-electron chi connectivity index (χ2n) is 8.46. The minimum atomic E-state index is -0.199. The van der Waals surface area contributed by atoms with Crippen LogP contribution in [0.2, 0.25) is 5.02 Å². The molecule has 2 aliphatic rings.